The highest BCUT2D eigenvalue weighted by Gasteiger charge is 2.14. The molecule has 0 spiro atoms. The number of rotatable bonds is 4. The monoisotopic (exact) mass is 437 g/mol. The Hall–Kier alpha value is -3.89. The fourth-order valence-corrected chi connectivity index (χ4v) is 4.00. The van der Waals surface area contributed by atoms with Crippen LogP contribution in [0.4, 0.5) is 5.69 Å². The molecule has 0 fully saturated rings. The Morgan fingerprint density at radius 3 is 2.44 bits per heavy atom. The lowest BCUT2D eigenvalue weighted by Gasteiger charge is -2.11. The number of amides is 1. The molecule has 5 aromatic rings. The van der Waals surface area contributed by atoms with Gasteiger partial charge in [-0.05, 0) is 60.0 Å². The van der Waals surface area contributed by atoms with Crippen molar-refractivity contribution in [3.8, 4) is 22.5 Å². The maximum Gasteiger partial charge on any atom is 0.255 e. The maximum absolute atomic E-state index is 13.0. The minimum Gasteiger partial charge on any atom is -0.338 e. The largest absolute Gasteiger partial charge is 0.338 e. The van der Waals surface area contributed by atoms with Crippen molar-refractivity contribution in [1.82, 2.24) is 9.97 Å². The third-order valence-corrected chi connectivity index (χ3v) is 5.78. The van der Waals surface area contributed by atoms with Crippen molar-refractivity contribution in [2.24, 2.45) is 0 Å². The average molecular weight is 438 g/mol. The van der Waals surface area contributed by atoms with Crippen LogP contribution in [0, 0.1) is 6.92 Å². The summed E-state index contributed by atoms with van der Waals surface area (Å²) in [5, 5.41) is 3.55. The zero-order valence-corrected chi connectivity index (χ0v) is 18.1. The number of aromatic amines is 1. The van der Waals surface area contributed by atoms with Gasteiger partial charge in [-0.1, -0.05) is 66.2 Å². The molecule has 156 valence electrons. The SMILES string of the molecule is Cc1cc(-c2ccccc2)ccc1C(=O)Nc1ccc(Cl)c(-c2nc3ccccc3[nH]2)c1. The Morgan fingerprint density at radius 1 is 0.875 bits per heavy atom. The van der Waals surface area contributed by atoms with E-state index in [2.05, 4.69) is 27.4 Å². The highest BCUT2D eigenvalue weighted by molar-refractivity contribution is 6.33. The smallest absolute Gasteiger partial charge is 0.255 e. The third kappa shape index (κ3) is 3.88. The molecule has 32 heavy (non-hydrogen) atoms. The molecule has 0 atom stereocenters. The van der Waals surface area contributed by atoms with Gasteiger partial charge in [0.25, 0.3) is 5.91 Å². The van der Waals surface area contributed by atoms with E-state index >= 15 is 0 Å². The first-order valence-electron chi connectivity index (χ1n) is 10.3. The summed E-state index contributed by atoms with van der Waals surface area (Å²) in [6.07, 6.45) is 0. The van der Waals surface area contributed by atoms with Gasteiger partial charge in [0.1, 0.15) is 5.82 Å². The van der Waals surface area contributed by atoms with Crippen LogP contribution in [-0.4, -0.2) is 15.9 Å². The van der Waals surface area contributed by atoms with Crippen molar-refractivity contribution >= 4 is 34.2 Å². The molecule has 5 rings (SSSR count). The Morgan fingerprint density at radius 2 is 1.66 bits per heavy atom. The molecule has 2 N–H and O–H groups in total. The van der Waals surface area contributed by atoms with Crippen molar-refractivity contribution in [1.29, 1.82) is 0 Å². The van der Waals surface area contributed by atoms with Crippen molar-refractivity contribution in [3.63, 3.8) is 0 Å². The number of para-hydroxylation sites is 2. The molecule has 0 bridgehead atoms. The predicted octanol–water partition coefficient (Wildman–Crippen LogP) is 7.11. The van der Waals surface area contributed by atoms with Crippen LogP contribution in [0.2, 0.25) is 5.02 Å². The molecule has 4 aromatic carbocycles. The maximum atomic E-state index is 13.0. The summed E-state index contributed by atoms with van der Waals surface area (Å²) in [7, 11) is 0. The molecule has 0 saturated heterocycles. The molecule has 0 radical (unpaired) electrons. The summed E-state index contributed by atoms with van der Waals surface area (Å²) in [6, 6.07) is 29.2. The second kappa shape index (κ2) is 8.33. The fourth-order valence-electron chi connectivity index (χ4n) is 3.79. The zero-order chi connectivity index (χ0) is 22.1. The van der Waals surface area contributed by atoms with Gasteiger partial charge in [0, 0.05) is 16.8 Å². The first kappa shape index (κ1) is 20.0. The summed E-state index contributed by atoms with van der Waals surface area (Å²) in [4.78, 5) is 20.9. The number of hydrogen-bond donors (Lipinski definition) is 2. The van der Waals surface area contributed by atoms with E-state index in [0.717, 1.165) is 33.3 Å². The topological polar surface area (TPSA) is 57.8 Å². The normalized spacial score (nSPS) is 10.9. The zero-order valence-electron chi connectivity index (χ0n) is 17.4. The molecule has 1 aromatic heterocycles. The van der Waals surface area contributed by atoms with Crippen molar-refractivity contribution in [2.75, 3.05) is 5.32 Å². The summed E-state index contributed by atoms with van der Waals surface area (Å²) in [5.41, 5.74) is 6.93. The Labute approximate surface area is 190 Å². The van der Waals surface area contributed by atoms with Gasteiger partial charge in [-0.3, -0.25) is 4.79 Å². The number of benzene rings is 4. The molecular weight excluding hydrogens is 418 g/mol. The number of aromatic nitrogens is 2. The van der Waals surface area contributed by atoms with Crippen LogP contribution in [0.25, 0.3) is 33.5 Å². The van der Waals surface area contributed by atoms with Gasteiger partial charge in [0.05, 0.1) is 16.1 Å². The number of nitrogens with zero attached hydrogens (tertiary/aromatic N) is 1. The molecule has 4 nitrogen and oxygen atoms in total. The summed E-state index contributed by atoms with van der Waals surface area (Å²) in [5.74, 6) is 0.496. The quantitative estimate of drug-likeness (QED) is 0.314. The van der Waals surface area contributed by atoms with E-state index in [1.807, 2.05) is 73.7 Å². The van der Waals surface area contributed by atoms with Crippen LogP contribution in [-0.2, 0) is 0 Å². The lowest BCUT2D eigenvalue weighted by molar-refractivity contribution is 0.102. The average Bonchev–Trinajstić information content (AvgIpc) is 3.25. The number of fused-ring (bicyclic) bond motifs is 1. The Balaban J connectivity index is 1.42. The van der Waals surface area contributed by atoms with Crippen LogP contribution < -0.4 is 5.32 Å². The van der Waals surface area contributed by atoms with E-state index < -0.39 is 0 Å². The van der Waals surface area contributed by atoms with Gasteiger partial charge < -0.3 is 10.3 Å². The van der Waals surface area contributed by atoms with E-state index in [1.54, 1.807) is 12.1 Å². The first-order valence-corrected chi connectivity index (χ1v) is 10.7. The van der Waals surface area contributed by atoms with E-state index in [0.29, 0.717) is 22.1 Å². The Kier molecular flexibility index (Phi) is 5.21. The molecule has 0 aliphatic rings. The highest BCUT2D eigenvalue weighted by atomic mass is 35.5. The lowest BCUT2D eigenvalue weighted by Crippen LogP contribution is -2.13. The fraction of sp³-hybridized carbons (Fsp3) is 0.0370. The molecule has 0 aliphatic carbocycles. The number of halogens is 1. The number of carbonyl (C=O) groups is 1. The van der Waals surface area contributed by atoms with Crippen LogP contribution in [0.3, 0.4) is 0 Å². The number of nitrogens with one attached hydrogen (secondary N) is 2. The number of anilines is 1. The molecule has 0 saturated carbocycles. The second-order valence-corrected chi connectivity index (χ2v) is 8.05. The van der Waals surface area contributed by atoms with Crippen LogP contribution >= 0.6 is 11.6 Å². The van der Waals surface area contributed by atoms with Crippen LogP contribution in [0.1, 0.15) is 15.9 Å². The molecule has 0 aliphatic heterocycles. The van der Waals surface area contributed by atoms with Gasteiger partial charge in [-0.25, -0.2) is 4.98 Å². The highest BCUT2D eigenvalue weighted by Crippen LogP contribution is 2.31. The van der Waals surface area contributed by atoms with Gasteiger partial charge in [-0.2, -0.15) is 0 Å². The van der Waals surface area contributed by atoms with Gasteiger partial charge in [0.2, 0.25) is 0 Å². The third-order valence-electron chi connectivity index (χ3n) is 5.45. The number of hydrogen-bond acceptors (Lipinski definition) is 2. The van der Waals surface area contributed by atoms with Crippen LogP contribution in [0.15, 0.2) is 91.0 Å². The minimum absolute atomic E-state index is 0.167. The van der Waals surface area contributed by atoms with Gasteiger partial charge >= 0.3 is 0 Å². The lowest BCUT2D eigenvalue weighted by atomic mass is 9.99. The molecule has 5 heteroatoms. The molecular formula is C27H20ClN3O. The van der Waals surface area contributed by atoms with E-state index in [9.17, 15) is 4.79 Å². The second-order valence-electron chi connectivity index (χ2n) is 7.65. The number of aryl methyl sites for hydroxylation is 1. The van der Waals surface area contributed by atoms with Gasteiger partial charge in [-0.15, -0.1) is 0 Å². The van der Waals surface area contributed by atoms with Gasteiger partial charge in [0.15, 0.2) is 0 Å². The summed E-state index contributed by atoms with van der Waals surface area (Å²) < 4.78 is 0. The number of carbonyl (C=O) groups excluding carboxylic acids is 1. The van der Waals surface area contributed by atoms with Crippen LogP contribution in [0.5, 0.6) is 0 Å². The van der Waals surface area contributed by atoms with E-state index in [-0.39, 0.29) is 5.91 Å². The molecule has 0 unspecified atom stereocenters. The first-order chi connectivity index (χ1) is 15.6. The number of imidazole rings is 1. The summed E-state index contributed by atoms with van der Waals surface area (Å²) in [6.45, 7) is 1.95. The summed E-state index contributed by atoms with van der Waals surface area (Å²) >= 11 is 6.44. The Bertz CT molecular complexity index is 1410. The van der Waals surface area contributed by atoms with E-state index in [1.165, 1.54) is 0 Å². The van der Waals surface area contributed by atoms with Crippen molar-refractivity contribution in [2.45, 2.75) is 6.92 Å². The standard InChI is InChI=1S/C27H20ClN3O/c1-17-15-19(18-7-3-2-4-8-18)11-13-21(17)27(32)29-20-12-14-23(28)22(16-20)26-30-24-9-5-6-10-25(24)31-26/h2-16H,1H3,(H,29,32)(H,30,31). The molecule has 1 heterocycles. The van der Waals surface area contributed by atoms with Crippen molar-refractivity contribution in [3.05, 3.63) is 107 Å². The predicted molar refractivity (Wildman–Crippen MR) is 131 cm³/mol. The van der Waals surface area contributed by atoms with Crippen molar-refractivity contribution < 1.29 is 4.79 Å². The number of H-pyrrole nitrogens is 1. The minimum atomic E-state index is -0.167. The van der Waals surface area contributed by atoms with E-state index in [4.69, 9.17) is 11.6 Å². The molecule has 1 amide bonds.